The number of nitrogens with zero attached hydrogens (tertiary/aromatic N) is 1. The molecule has 3 aromatic rings. The minimum Gasteiger partial charge on any atom is -0.489 e. The molecule has 6 rings (SSSR count). The van der Waals surface area contributed by atoms with Crippen molar-refractivity contribution in [2.45, 2.75) is 31.0 Å². The zero-order chi connectivity index (χ0) is 25.7. The molecule has 8 nitrogen and oxygen atoms in total. The first-order valence-electron chi connectivity index (χ1n) is 11.7. The van der Waals surface area contributed by atoms with Gasteiger partial charge in [-0.05, 0) is 48.9 Å². The van der Waals surface area contributed by atoms with E-state index >= 15 is 0 Å². The van der Waals surface area contributed by atoms with Crippen LogP contribution >= 0.6 is 0 Å². The van der Waals surface area contributed by atoms with Crippen LogP contribution in [0.2, 0.25) is 0 Å². The highest BCUT2D eigenvalue weighted by Crippen LogP contribution is 2.58. The second-order valence-electron chi connectivity index (χ2n) is 9.17. The van der Waals surface area contributed by atoms with Gasteiger partial charge in [0.1, 0.15) is 29.2 Å². The molecular formula is C26H21F3N4O4. The van der Waals surface area contributed by atoms with Crippen LogP contribution in [0.4, 0.5) is 29.5 Å². The van der Waals surface area contributed by atoms with Crippen molar-refractivity contribution in [3.63, 3.8) is 0 Å². The van der Waals surface area contributed by atoms with Crippen LogP contribution in [0.1, 0.15) is 29.0 Å². The monoisotopic (exact) mass is 510 g/mol. The van der Waals surface area contributed by atoms with Crippen molar-refractivity contribution >= 4 is 23.4 Å². The molecule has 3 atom stereocenters. The normalized spacial score (nSPS) is 21.1. The van der Waals surface area contributed by atoms with Crippen LogP contribution in [0.3, 0.4) is 0 Å². The van der Waals surface area contributed by atoms with Gasteiger partial charge in [-0.2, -0.15) is 13.2 Å². The Labute approximate surface area is 209 Å². The Morgan fingerprint density at radius 1 is 1.16 bits per heavy atom. The SMILES string of the molecule is O=C1CCc2c(Oc3ccc4c(c3)[C@H]3C(CNC(=O)Nc5cccc(C(F)(F)F)c5)[C@H]3O4)ccnc2N1. The van der Waals surface area contributed by atoms with E-state index in [0.717, 1.165) is 29.0 Å². The molecule has 0 bridgehead atoms. The van der Waals surface area contributed by atoms with Crippen LogP contribution in [0.15, 0.2) is 54.7 Å². The number of hydrogen-bond donors (Lipinski definition) is 3. The zero-order valence-corrected chi connectivity index (χ0v) is 19.3. The quantitative estimate of drug-likeness (QED) is 0.445. The third kappa shape index (κ3) is 4.52. The highest BCUT2D eigenvalue weighted by Gasteiger charge is 2.58. The van der Waals surface area contributed by atoms with Crippen LogP contribution in [0, 0.1) is 5.92 Å². The highest BCUT2D eigenvalue weighted by atomic mass is 19.4. The second kappa shape index (κ2) is 8.68. The van der Waals surface area contributed by atoms with Gasteiger partial charge in [-0.3, -0.25) is 4.79 Å². The Bertz CT molecular complexity index is 1410. The summed E-state index contributed by atoms with van der Waals surface area (Å²) in [5.41, 5.74) is 1.05. The van der Waals surface area contributed by atoms with Gasteiger partial charge in [0.2, 0.25) is 5.91 Å². The topological polar surface area (TPSA) is 102 Å². The predicted octanol–water partition coefficient (Wildman–Crippen LogP) is 5.07. The van der Waals surface area contributed by atoms with E-state index in [2.05, 4.69) is 20.9 Å². The maximum absolute atomic E-state index is 12.9. The molecule has 2 aromatic carbocycles. The van der Waals surface area contributed by atoms with Crippen molar-refractivity contribution in [2.75, 3.05) is 17.2 Å². The van der Waals surface area contributed by atoms with Gasteiger partial charge < -0.3 is 25.4 Å². The largest absolute Gasteiger partial charge is 0.489 e. The molecule has 0 radical (unpaired) electrons. The fourth-order valence-corrected chi connectivity index (χ4v) is 4.90. The van der Waals surface area contributed by atoms with Crippen molar-refractivity contribution in [3.05, 3.63) is 71.4 Å². The molecule has 0 saturated heterocycles. The van der Waals surface area contributed by atoms with Gasteiger partial charge in [-0.25, -0.2) is 9.78 Å². The molecule has 0 spiro atoms. The fourth-order valence-electron chi connectivity index (χ4n) is 4.90. The van der Waals surface area contributed by atoms with Crippen molar-refractivity contribution in [1.29, 1.82) is 0 Å². The average molecular weight is 510 g/mol. The molecule has 37 heavy (non-hydrogen) atoms. The van der Waals surface area contributed by atoms with E-state index in [9.17, 15) is 22.8 Å². The summed E-state index contributed by atoms with van der Waals surface area (Å²) in [5, 5.41) is 7.92. The Morgan fingerprint density at radius 2 is 2.03 bits per heavy atom. The first-order valence-corrected chi connectivity index (χ1v) is 11.7. The smallest absolute Gasteiger partial charge is 0.416 e. The lowest BCUT2D eigenvalue weighted by Crippen LogP contribution is -2.31. The number of anilines is 2. The maximum atomic E-state index is 12.9. The number of alkyl halides is 3. The molecule has 3 amide bonds. The number of fused-ring (bicyclic) bond motifs is 4. The fraction of sp³-hybridized carbons (Fsp3) is 0.269. The molecule has 1 aliphatic carbocycles. The first kappa shape index (κ1) is 23.1. The van der Waals surface area contributed by atoms with Gasteiger partial charge in [0.05, 0.1) is 5.56 Å². The van der Waals surface area contributed by atoms with E-state index in [1.807, 2.05) is 18.2 Å². The first-order chi connectivity index (χ1) is 17.8. The Morgan fingerprint density at radius 3 is 2.86 bits per heavy atom. The number of nitrogens with one attached hydrogen (secondary N) is 3. The van der Waals surface area contributed by atoms with Gasteiger partial charge in [0.25, 0.3) is 0 Å². The summed E-state index contributed by atoms with van der Waals surface area (Å²) in [7, 11) is 0. The Kier molecular flexibility index (Phi) is 5.43. The van der Waals surface area contributed by atoms with Crippen LogP contribution in [-0.4, -0.2) is 29.6 Å². The molecule has 1 aromatic heterocycles. The van der Waals surface area contributed by atoms with E-state index in [4.69, 9.17) is 9.47 Å². The number of carbonyl (C=O) groups is 2. The third-order valence-corrected chi connectivity index (χ3v) is 6.75. The summed E-state index contributed by atoms with van der Waals surface area (Å²) >= 11 is 0. The molecule has 3 N–H and O–H groups in total. The van der Waals surface area contributed by atoms with E-state index in [0.29, 0.717) is 36.7 Å². The second-order valence-corrected chi connectivity index (χ2v) is 9.17. The number of carbonyl (C=O) groups excluding carboxylic acids is 2. The van der Waals surface area contributed by atoms with E-state index in [1.165, 1.54) is 12.1 Å². The van der Waals surface area contributed by atoms with E-state index in [1.54, 1.807) is 12.3 Å². The molecule has 3 aliphatic rings. The number of halogens is 3. The van der Waals surface area contributed by atoms with Crippen LogP contribution in [0.25, 0.3) is 0 Å². The lowest BCUT2D eigenvalue weighted by atomic mass is 10.1. The highest BCUT2D eigenvalue weighted by molar-refractivity contribution is 5.93. The van der Waals surface area contributed by atoms with Crippen LogP contribution in [0.5, 0.6) is 17.2 Å². The van der Waals surface area contributed by atoms with Gasteiger partial charge in [-0.15, -0.1) is 0 Å². The minimum absolute atomic E-state index is 0.0407. The molecule has 2 aliphatic heterocycles. The predicted molar refractivity (Wildman–Crippen MR) is 127 cm³/mol. The number of aromatic nitrogens is 1. The summed E-state index contributed by atoms with van der Waals surface area (Å²) in [6, 6.07) is 11.2. The number of urea groups is 1. The van der Waals surface area contributed by atoms with Crippen molar-refractivity contribution in [1.82, 2.24) is 10.3 Å². The van der Waals surface area contributed by atoms with Crippen LogP contribution < -0.4 is 25.4 Å². The van der Waals surface area contributed by atoms with Crippen molar-refractivity contribution in [3.8, 4) is 17.2 Å². The molecule has 1 unspecified atom stereocenters. The molecule has 3 heterocycles. The van der Waals surface area contributed by atoms with E-state index < -0.39 is 17.8 Å². The van der Waals surface area contributed by atoms with Gasteiger partial charge in [0, 0.05) is 47.8 Å². The van der Waals surface area contributed by atoms with E-state index in [-0.39, 0.29) is 29.5 Å². The molecule has 190 valence electrons. The Hall–Kier alpha value is -4.28. The number of benzene rings is 2. The van der Waals surface area contributed by atoms with Gasteiger partial charge in [-0.1, -0.05) is 6.07 Å². The maximum Gasteiger partial charge on any atom is 0.416 e. The third-order valence-electron chi connectivity index (χ3n) is 6.75. The zero-order valence-electron chi connectivity index (χ0n) is 19.3. The molecule has 1 saturated carbocycles. The lowest BCUT2D eigenvalue weighted by molar-refractivity contribution is -0.137. The number of amides is 3. The molecule has 11 heteroatoms. The lowest BCUT2D eigenvalue weighted by Gasteiger charge is -2.19. The Balaban J connectivity index is 1.08. The minimum atomic E-state index is -4.49. The number of pyridine rings is 1. The van der Waals surface area contributed by atoms with Gasteiger partial charge >= 0.3 is 12.2 Å². The average Bonchev–Trinajstić information content (AvgIpc) is 3.41. The van der Waals surface area contributed by atoms with Crippen molar-refractivity contribution < 1.29 is 32.2 Å². The summed E-state index contributed by atoms with van der Waals surface area (Å²) in [4.78, 5) is 28.1. The van der Waals surface area contributed by atoms with Gasteiger partial charge in [0.15, 0.2) is 0 Å². The summed E-state index contributed by atoms with van der Waals surface area (Å²) in [5.74, 6) is 2.56. The number of ether oxygens (including phenoxy) is 2. The molecule has 1 fully saturated rings. The van der Waals surface area contributed by atoms with Crippen LogP contribution in [-0.2, 0) is 17.4 Å². The number of hydrogen-bond acceptors (Lipinski definition) is 5. The number of rotatable bonds is 5. The molecular weight excluding hydrogens is 489 g/mol. The summed E-state index contributed by atoms with van der Waals surface area (Å²) in [6.07, 6.45) is -2.08. The van der Waals surface area contributed by atoms with Crippen molar-refractivity contribution in [2.24, 2.45) is 5.92 Å². The summed E-state index contributed by atoms with van der Waals surface area (Å²) in [6.45, 7) is 0.308. The summed E-state index contributed by atoms with van der Waals surface area (Å²) < 4.78 is 50.8. The standard InChI is InChI=1S/C26H21F3N4O4/c27-26(28,29)13-2-1-3-14(10-13)32-25(35)31-12-18-22-17-11-15(4-6-19(17)37-23(18)22)36-20-8-9-30-24-16(20)5-7-21(34)33-24/h1-4,6,8-11,18,22-23H,5,7,12H2,(H,30,33,34)(H2,31,32,35)/t18?,22-,23+/m0/s1.